The first-order chi connectivity index (χ1) is 16.1. The fourth-order valence-electron chi connectivity index (χ4n) is 3.51. The quantitative estimate of drug-likeness (QED) is 0.143. The molecule has 33 heavy (non-hydrogen) atoms. The number of hydrogen-bond donors (Lipinski definition) is 2. The topological polar surface area (TPSA) is 96.2 Å². The van der Waals surface area contributed by atoms with Crippen molar-refractivity contribution in [3.05, 3.63) is 98.3 Å². The Labute approximate surface area is 201 Å². The van der Waals surface area contributed by atoms with Crippen molar-refractivity contribution in [3.8, 4) is 22.5 Å². The van der Waals surface area contributed by atoms with Gasteiger partial charge in [-0.15, -0.1) is 11.3 Å². The molecule has 2 aromatic heterocycles. The van der Waals surface area contributed by atoms with Gasteiger partial charge in [0, 0.05) is 44.0 Å². The largest absolute Gasteiger partial charge is 0.354 e. The van der Waals surface area contributed by atoms with Gasteiger partial charge in [0.1, 0.15) is 0 Å². The van der Waals surface area contributed by atoms with Gasteiger partial charge in [0.2, 0.25) is 5.13 Å². The highest BCUT2D eigenvalue weighted by Crippen LogP contribution is 2.31. The Morgan fingerprint density at radius 3 is 2.52 bits per heavy atom. The number of hydrazone groups is 1. The third-order valence-corrected chi connectivity index (χ3v) is 6.39. The molecular weight excluding hydrogens is 502 g/mol. The van der Waals surface area contributed by atoms with E-state index in [1.807, 2.05) is 53.9 Å². The molecule has 0 saturated carbocycles. The van der Waals surface area contributed by atoms with Crippen molar-refractivity contribution in [3.63, 3.8) is 0 Å². The number of nitrogens with one attached hydrogen (secondary N) is 2. The second-order valence-corrected chi connectivity index (χ2v) is 8.95. The molecule has 0 unspecified atom stereocenters. The molecule has 7 nitrogen and oxygen atoms in total. The fourth-order valence-corrected chi connectivity index (χ4v) is 4.44. The molecule has 5 aromatic rings. The zero-order valence-electron chi connectivity index (χ0n) is 17.0. The molecule has 0 aliphatic heterocycles. The second kappa shape index (κ2) is 8.97. The summed E-state index contributed by atoms with van der Waals surface area (Å²) in [6, 6.07) is 22.4. The summed E-state index contributed by atoms with van der Waals surface area (Å²) in [5.74, 6) is 0. The van der Waals surface area contributed by atoms with E-state index in [9.17, 15) is 10.1 Å². The molecule has 5 rings (SSSR count). The summed E-state index contributed by atoms with van der Waals surface area (Å²) >= 11 is 4.92. The number of anilines is 1. The second-order valence-electron chi connectivity index (χ2n) is 7.18. The average Bonchev–Trinajstić information content (AvgIpc) is 3.45. The van der Waals surface area contributed by atoms with Crippen LogP contribution < -0.4 is 5.43 Å². The summed E-state index contributed by atoms with van der Waals surface area (Å²) < 4.78 is 1.02. The molecule has 162 valence electrons. The Hall–Kier alpha value is -3.82. The van der Waals surface area contributed by atoms with Crippen LogP contribution in [0.3, 0.4) is 0 Å². The number of rotatable bonds is 6. The fraction of sp³-hybridized carbons (Fsp3) is 0. The summed E-state index contributed by atoms with van der Waals surface area (Å²) in [4.78, 5) is 18.6. The van der Waals surface area contributed by atoms with Crippen LogP contribution in [-0.2, 0) is 0 Å². The van der Waals surface area contributed by atoms with Crippen molar-refractivity contribution in [2.24, 2.45) is 5.10 Å². The van der Waals surface area contributed by atoms with Gasteiger partial charge in [0.25, 0.3) is 5.69 Å². The van der Waals surface area contributed by atoms with Crippen molar-refractivity contribution < 1.29 is 4.92 Å². The van der Waals surface area contributed by atoms with Gasteiger partial charge in [0.15, 0.2) is 0 Å². The highest BCUT2D eigenvalue weighted by Gasteiger charge is 2.13. The van der Waals surface area contributed by atoms with E-state index in [0.717, 1.165) is 43.5 Å². The maximum atomic E-state index is 11.0. The molecule has 0 amide bonds. The number of aromatic nitrogens is 2. The van der Waals surface area contributed by atoms with E-state index in [1.165, 1.54) is 23.5 Å². The van der Waals surface area contributed by atoms with Crippen LogP contribution in [0.15, 0.2) is 87.8 Å². The van der Waals surface area contributed by atoms with Gasteiger partial charge in [-0.25, -0.2) is 4.98 Å². The SMILES string of the molecule is O=[N+]([O-])c1ccc(-c2[nH]c3ccccc3c2/C=N/Nc2nc(-c3ccc(Br)cc3)cs2)cc1. The Kier molecular flexibility index (Phi) is 5.72. The molecule has 9 heteroatoms. The number of fused-ring (bicyclic) bond motifs is 1. The predicted octanol–water partition coefficient (Wildman–Crippen LogP) is 7.08. The van der Waals surface area contributed by atoms with E-state index in [0.29, 0.717) is 5.13 Å². The lowest BCUT2D eigenvalue weighted by Gasteiger charge is -2.01. The molecule has 0 saturated heterocycles. The van der Waals surface area contributed by atoms with Crippen molar-refractivity contribution in [2.45, 2.75) is 0 Å². The minimum atomic E-state index is -0.405. The van der Waals surface area contributed by atoms with Crippen LogP contribution in [0.25, 0.3) is 33.4 Å². The lowest BCUT2D eigenvalue weighted by atomic mass is 10.1. The summed E-state index contributed by atoms with van der Waals surface area (Å²) in [5, 5.41) is 19.1. The molecule has 0 aliphatic rings. The van der Waals surface area contributed by atoms with Crippen LogP contribution in [0.1, 0.15) is 5.56 Å². The summed E-state index contributed by atoms with van der Waals surface area (Å²) in [5.41, 5.74) is 8.50. The molecule has 3 aromatic carbocycles. The Morgan fingerprint density at radius 2 is 1.76 bits per heavy atom. The van der Waals surface area contributed by atoms with Crippen molar-refractivity contribution in [1.82, 2.24) is 9.97 Å². The Morgan fingerprint density at radius 1 is 1.03 bits per heavy atom. The van der Waals surface area contributed by atoms with Gasteiger partial charge in [-0.2, -0.15) is 5.10 Å². The van der Waals surface area contributed by atoms with Crippen LogP contribution in [0.5, 0.6) is 0 Å². The minimum absolute atomic E-state index is 0.0529. The van der Waals surface area contributed by atoms with Crippen LogP contribution in [0.4, 0.5) is 10.8 Å². The van der Waals surface area contributed by atoms with E-state index in [1.54, 1.807) is 18.3 Å². The molecular formula is C24H16BrN5O2S. The van der Waals surface area contributed by atoms with Gasteiger partial charge < -0.3 is 4.98 Å². The monoisotopic (exact) mass is 517 g/mol. The molecule has 2 N–H and O–H groups in total. The molecule has 2 heterocycles. The van der Waals surface area contributed by atoms with E-state index >= 15 is 0 Å². The zero-order valence-corrected chi connectivity index (χ0v) is 19.4. The third kappa shape index (κ3) is 4.41. The van der Waals surface area contributed by atoms with Crippen LogP contribution >= 0.6 is 27.3 Å². The first-order valence-electron chi connectivity index (χ1n) is 9.94. The number of nitrogens with zero attached hydrogens (tertiary/aromatic N) is 3. The normalized spacial score (nSPS) is 11.3. The minimum Gasteiger partial charge on any atom is -0.354 e. The van der Waals surface area contributed by atoms with Crippen LogP contribution in [0.2, 0.25) is 0 Å². The first kappa shape index (κ1) is 21.0. The number of hydrogen-bond acceptors (Lipinski definition) is 6. The average molecular weight is 518 g/mol. The van der Waals surface area contributed by atoms with Gasteiger partial charge in [-0.3, -0.25) is 15.5 Å². The molecule has 0 fully saturated rings. The smallest absolute Gasteiger partial charge is 0.269 e. The number of thiazole rings is 1. The predicted molar refractivity (Wildman–Crippen MR) is 137 cm³/mol. The van der Waals surface area contributed by atoms with Crippen LogP contribution in [-0.4, -0.2) is 21.1 Å². The molecule has 0 atom stereocenters. The molecule has 0 aliphatic carbocycles. The van der Waals surface area contributed by atoms with Gasteiger partial charge in [0.05, 0.1) is 22.5 Å². The lowest BCUT2D eigenvalue weighted by molar-refractivity contribution is -0.384. The van der Waals surface area contributed by atoms with E-state index < -0.39 is 4.92 Å². The maximum absolute atomic E-state index is 11.0. The molecule has 0 radical (unpaired) electrons. The van der Waals surface area contributed by atoms with Crippen molar-refractivity contribution in [2.75, 3.05) is 5.43 Å². The van der Waals surface area contributed by atoms with Gasteiger partial charge >= 0.3 is 0 Å². The van der Waals surface area contributed by atoms with Crippen LogP contribution in [0, 0.1) is 10.1 Å². The van der Waals surface area contributed by atoms with E-state index in [2.05, 4.69) is 36.4 Å². The Balaban J connectivity index is 1.43. The number of nitro benzene ring substituents is 1. The number of non-ortho nitro benzene ring substituents is 1. The van der Waals surface area contributed by atoms with Gasteiger partial charge in [-0.05, 0) is 35.9 Å². The molecule has 0 spiro atoms. The van der Waals surface area contributed by atoms with Gasteiger partial charge in [-0.1, -0.05) is 46.3 Å². The van der Waals surface area contributed by atoms with E-state index in [4.69, 9.17) is 0 Å². The number of aromatic amines is 1. The third-order valence-electron chi connectivity index (χ3n) is 5.11. The lowest BCUT2D eigenvalue weighted by Crippen LogP contribution is -1.92. The summed E-state index contributed by atoms with van der Waals surface area (Å²) in [7, 11) is 0. The standard InChI is InChI=1S/C24H16BrN5O2S/c25-17-9-5-15(6-10-17)22-14-33-24(28-22)29-26-13-20-19-3-1-2-4-21(19)27-23(20)16-7-11-18(12-8-16)30(31)32/h1-14,27H,(H,28,29)/b26-13+. The van der Waals surface area contributed by atoms with Crippen molar-refractivity contribution in [1.29, 1.82) is 0 Å². The first-order valence-corrected chi connectivity index (χ1v) is 11.6. The summed E-state index contributed by atoms with van der Waals surface area (Å²) in [6.45, 7) is 0. The number of halogens is 1. The highest BCUT2D eigenvalue weighted by molar-refractivity contribution is 9.10. The number of nitro groups is 1. The highest BCUT2D eigenvalue weighted by atomic mass is 79.9. The maximum Gasteiger partial charge on any atom is 0.269 e. The number of para-hydroxylation sites is 1. The summed E-state index contributed by atoms with van der Waals surface area (Å²) in [6.07, 6.45) is 1.75. The zero-order chi connectivity index (χ0) is 22.8. The number of benzene rings is 3. The number of H-pyrrole nitrogens is 1. The molecule has 0 bridgehead atoms. The Bertz CT molecular complexity index is 1470. The van der Waals surface area contributed by atoms with Crippen molar-refractivity contribution >= 4 is 55.2 Å². The van der Waals surface area contributed by atoms with E-state index in [-0.39, 0.29) is 5.69 Å².